The SMILES string of the molecule is CC[C@@H](C(=O)NC(C)(C)C)N(Cc1ccccc1C)C(=O)CN(c1ccc(C)cc1)S(=O)(=O)c1ccc(F)cc1. The topological polar surface area (TPSA) is 86.8 Å². The minimum atomic E-state index is -4.26. The van der Waals surface area contributed by atoms with Gasteiger partial charge < -0.3 is 10.2 Å². The average molecular weight is 568 g/mol. The standard InChI is InChI=1S/C31H38FN3O4S/c1-7-28(30(37)33-31(4,5)6)34(20-24-11-9-8-10-23(24)3)29(36)21-35(26-16-12-22(2)13-17-26)40(38,39)27-18-14-25(32)15-19-27/h8-19,28H,7,20-21H2,1-6H3,(H,33,37)/t28-/m0/s1. The van der Waals surface area contributed by atoms with Gasteiger partial charge in [0.25, 0.3) is 10.0 Å². The molecule has 1 atom stereocenters. The lowest BCUT2D eigenvalue weighted by molar-refractivity contribution is -0.141. The molecule has 0 saturated carbocycles. The van der Waals surface area contributed by atoms with Crippen LogP contribution in [0.15, 0.2) is 77.7 Å². The second-order valence-corrected chi connectivity index (χ2v) is 12.8. The lowest BCUT2D eigenvalue weighted by Crippen LogP contribution is -2.55. The minimum Gasteiger partial charge on any atom is -0.350 e. The fraction of sp³-hybridized carbons (Fsp3) is 0.355. The number of aryl methyl sites for hydroxylation is 2. The van der Waals surface area contributed by atoms with E-state index in [1.165, 1.54) is 17.0 Å². The van der Waals surface area contributed by atoms with Crippen molar-refractivity contribution in [3.05, 3.63) is 95.3 Å². The van der Waals surface area contributed by atoms with Crippen molar-refractivity contribution in [3.8, 4) is 0 Å². The Kier molecular flexibility index (Phi) is 9.73. The summed E-state index contributed by atoms with van der Waals surface area (Å²) in [6.45, 7) is 10.8. The fourth-order valence-electron chi connectivity index (χ4n) is 4.32. The Labute approximate surface area is 237 Å². The normalized spacial score (nSPS) is 12.5. The smallest absolute Gasteiger partial charge is 0.264 e. The molecule has 3 aromatic rings. The summed E-state index contributed by atoms with van der Waals surface area (Å²) >= 11 is 0. The molecule has 2 amide bonds. The van der Waals surface area contributed by atoms with Gasteiger partial charge in [0.1, 0.15) is 18.4 Å². The number of benzene rings is 3. The molecule has 0 aliphatic rings. The van der Waals surface area contributed by atoms with E-state index in [2.05, 4.69) is 5.32 Å². The van der Waals surface area contributed by atoms with Crippen molar-refractivity contribution in [1.82, 2.24) is 10.2 Å². The van der Waals surface area contributed by atoms with E-state index < -0.39 is 39.9 Å². The number of hydrogen-bond donors (Lipinski definition) is 1. The van der Waals surface area contributed by atoms with Crippen LogP contribution in [0.4, 0.5) is 10.1 Å². The zero-order valence-electron chi connectivity index (χ0n) is 23.9. The van der Waals surface area contributed by atoms with E-state index in [0.29, 0.717) is 6.42 Å². The van der Waals surface area contributed by atoms with Crippen molar-refractivity contribution in [2.24, 2.45) is 0 Å². The van der Waals surface area contributed by atoms with Gasteiger partial charge in [0, 0.05) is 12.1 Å². The molecule has 3 aromatic carbocycles. The number of sulfonamides is 1. The van der Waals surface area contributed by atoms with Crippen LogP contribution in [0.5, 0.6) is 0 Å². The number of hydrogen-bond acceptors (Lipinski definition) is 4. The summed E-state index contributed by atoms with van der Waals surface area (Å²) in [6.07, 6.45) is 0.328. The zero-order valence-corrected chi connectivity index (χ0v) is 24.8. The van der Waals surface area contributed by atoms with Gasteiger partial charge in [0.2, 0.25) is 11.8 Å². The number of anilines is 1. The third-order valence-electron chi connectivity index (χ3n) is 6.49. The van der Waals surface area contributed by atoms with Crippen LogP contribution >= 0.6 is 0 Å². The van der Waals surface area contributed by atoms with Crippen LogP contribution < -0.4 is 9.62 Å². The summed E-state index contributed by atoms with van der Waals surface area (Å²) in [5.74, 6) is -1.43. The Morgan fingerprint density at radius 1 is 0.925 bits per heavy atom. The van der Waals surface area contributed by atoms with Crippen LogP contribution in [0.2, 0.25) is 0 Å². The Hall–Kier alpha value is -3.72. The first-order valence-corrected chi connectivity index (χ1v) is 14.7. The summed E-state index contributed by atoms with van der Waals surface area (Å²) in [5, 5.41) is 2.96. The number of nitrogens with one attached hydrogen (secondary N) is 1. The summed E-state index contributed by atoms with van der Waals surface area (Å²) < 4.78 is 42.3. The molecule has 0 radical (unpaired) electrons. The molecule has 0 unspecified atom stereocenters. The molecule has 214 valence electrons. The molecule has 0 aromatic heterocycles. The predicted molar refractivity (Wildman–Crippen MR) is 156 cm³/mol. The van der Waals surface area contributed by atoms with Gasteiger partial charge in [-0.3, -0.25) is 13.9 Å². The van der Waals surface area contributed by atoms with E-state index in [9.17, 15) is 22.4 Å². The number of carbonyl (C=O) groups is 2. The van der Waals surface area contributed by atoms with E-state index in [-0.39, 0.29) is 23.0 Å². The molecule has 0 fully saturated rings. The van der Waals surface area contributed by atoms with Gasteiger partial charge in [-0.2, -0.15) is 0 Å². The number of amides is 2. The lowest BCUT2D eigenvalue weighted by atomic mass is 10.0. The maximum Gasteiger partial charge on any atom is 0.264 e. The third kappa shape index (κ3) is 7.69. The van der Waals surface area contributed by atoms with Gasteiger partial charge in [0.05, 0.1) is 10.6 Å². The number of halogens is 1. The van der Waals surface area contributed by atoms with Crippen LogP contribution in [0.25, 0.3) is 0 Å². The number of nitrogens with zero attached hydrogens (tertiary/aromatic N) is 2. The van der Waals surface area contributed by atoms with Crippen molar-refractivity contribution < 1.29 is 22.4 Å². The highest BCUT2D eigenvalue weighted by atomic mass is 32.2. The van der Waals surface area contributed by atoms with Crippen molar-refractivity contribution >= 4 is 27.5 Å². The van der Waals surface area contributed by atoms with E-state index in [4.69, 9.17) is 0 Å². The third-order valence-corrected chi connectivity index (χ3v) is 8.28. The molecule has 0 aliphatic heterocycles. The lowest BCUT2D eigenvalue weighted by Gasteiger charge is -2.35. The van der Waals surface area contributed by atoms with Crippen molar-refractivity contribution in [3.63, 3.8) is 0 Å². The Morgan fingerprint density at radius 3 is 2.08 bits per heavy atom. The van der Waals surface area contributed by atoms with Gasteiger partial charge in [-0.25, -0.2) is 12.8 Å². The maximum atomic E-state index is 14.1. The molecule has 40 heavy (non-hydrogen) atoms. The summed E-state index contributed by atoms with van der Waals surface area (Å²) in [5.41, 5.74) is 2.47. The second-order valence-electron chi connectivity index (χ2n) is 10.9. The Bertz CT molecular complexity index is 1430. The van der Waals surface area contributed by atoms with E-state index in [1.807, 2.05) is 65.8 Å². The molecule has 0 aliphatic carbocycles. The largest absolute Gasteiger partial charge is 0.350 e. The highest BCUT2D eigenvalue weighted by Crippen LogP contribution is 2.26. The average Bonchev–Trinajstić information content (AvgIpc) is 2.88. The van der Waals surface area contributed by atoms with Crippen molar-refractivity contribution in [1.29, 1.82) is 0 Å². The van der Waals surface area contributed by atoms with E-state index in [1.54, 1.807) is 24.3 Å². The molecule has 0 bridgehead atoms. The number of carbonyl (C=O) groups excluding carboxylic acids is 2. The van der Waals surface area contributed by atoms with Gasteiger partial charge >= 0.3 is 0 Å². The van der Waals surface area contributed by atoms with Gasteiger partial charge in [0.15, 0.2) is 0 Å². The quantitative estimate of drug-likeness (QED) is 0.357. The highest BCUT2D eigenvalue weighted by molar-refractivity contribution is 7.92. The highest BCUT2D eigenvalue weighted by Gasteiger charge is 2.34. The first-order chi connectivity index (χ1) is 18.7. The number of rotatable bonds is 10. The molecule has 0 heterocycles. The van der Waals surface area contributed by atoms with E-state index >= 15 is 0 Å². The van der Waals surface area contributed by atoms with Crippen LogP contribution in [0.1, 0.15) is 50.8 Å². The van der Waals surface area contributed by atoms with Gasteiger partial charge in [-0.05, 0) is 88.6 Å². The minimum absolute atomic E-state index is 0.125. The molecule has 0 spiro atoms. The summed E-state index contributed by atoms with van der Waals surface area (Å²) in [7, 11) is -4.26. The molecule has 9 heteroatoms. The van der Waals surface area contributed by atoms with Crippen LogP contribution in [0, 0.1) is 19.7 Å². The first kappa shape index (κ1) is 30.8. The van der Waals surface area contributed by atoms with Crippen LogP contribution in [0.3, 0.4) is 0 Å². The molecule has 1 N–H and O–H groups in total. The van der Waals surface area contributed by atoms with Crippen LogP contribution in [-0.2, 0) is 26.2 Å². The second kappa shape index (κ2) is 12.6. The molecular formula is C31H38FN3O4S. The fourth-order valence-corrected chi connectivity index (χ4v) is 5.73. The van der Waals surface area contributed by atoms with Crippen LogP contribution in [-0.4, -0.2) is 43.3 Å². The Balaban J connectivity index is 2.08. The van der Waals surface area contributed by atoms with Gasteiger partial charge in [-0.1, -0.05) is 48.9 Å². The monoisotopic (exact) mass is 567 g/mol. The summed E-state index contributed by atoms with van der Waals surface area (Å²) in [4.78, 5) is 28.8. The first-order valence-electron chi connectivity index (χ1n) is 13.2. The molecule has 3 rings (SSSR count). The van der Waals surface area contributed by atoms with E-state index in [0.717, 1.165) is 33.1 Å². The Morgan fingerprint density at radius 2 is 1.52 bits per heavy atom. The molecular weight excluding hydrogens is 529 g/mol. The van der Waals surface area contributed by atoms with Gasteiger partial charge in [-0.15, -0.1) is 0 Å². The maximum absolute atomic E-state index is 14.1. The predicted octanol–water partition coefficient (Wildman–Crippen LogP) is 5.36. The van der Waals surface area contributed by atoms with Crippen molar-refractivity contribution in [2.45, 2.75) is 71.0 Å². The van der Waals surface area contributed by atoms with Crippen molar-refractivity contribution in [2.75, 3.05) is 10.8 Å². The zero-order chi connectivity index (χ0) is 29.7. The summed E-state index contributed by atoms with van der Waals surface area (Å²) in [6, 6.07) is 18.0. The molecule has 0 saturated heterocycles. The molecule has 7 nitrogen and oxygen atoms in total.